The second-order valence-corrected chi connectivity index (χ2v) is 6.07. The molecule has 102 valence electrons. The highest BCUT2D eigenvalue weighted by Crippen LogP contribution is 2.52. The molecule has 0 aromatic heterocycles. The fraction of sp³-hybridized carbons (Fsp3) is 0.438. The Kier molecular flexibility index (Phi) is 1.88. The molecule has 1 aliphatic carbocycles. The lowest BCUT2D eigenvalue weighted by molar-refractivity contribution is -0.121. The minimum Gasteiger partial charge on any atom is -0.454 e. The number of allylic oxidation sites excluding steroid dienone is 1. The number of carbonyl (C=O) groups is 1. The third-order valence-corrected chi connectivity index (χ3v) is 5.32. The Morgan fingerprint density at radius 3 is 3.00 bits per heavy atom. The summed E-state index contributed by atoms with van der Waals surface area (Å²) >= 11 is 0. The van der Waals surface area contributed by atoms with Gasteiger partial charge in [-0.3, -0.25) is 9.69 Å². The summed E-state index contributed by atoms with van der Waals surface area (Å²) in [5, 5.41) is 0. The molecule has 0 radical (unpaired) electrons. The lowest BCUT2D eigenvalue weighted by atomic mass is 9.65. The molecular formula is C16H15NO3. The number of hydrogen-bond donors (Lipinski definition) is 0. The molecule has 4 aliphatic rings. The Hall–Kier alpha value is -1.81. The monoisotopic (exact) mass is 269 g/mol. The third-order valence-electron chi connectivity index (χ3n) is 5.32. The second-order valence-electron chi connectivity index (χ2n) is 6.07. The van der Waals surface area contributed by atoms with Crippen LogP contribution in [0, 0.1) is 0 Å². The summed E-state index contributed by atoms with van der Waals surface area (Å²) in [6, 6.07) is 4.46. The normalized spacial score (nSPS) is 35.9. The highest BCUT2D eigenvalue weighted by molar-refractivity contribution is 6.01. The molecule has 3 heterocycles. The van der Waals surface area contributed by atoms with E-state index in [2.05, 4.69) is 17.0 Å². The number of fused-ring (bicyclic) bond motifs is 2. The van der Waals surface area contributed by atoms with E-state index in [-0.39, 0.29) is 18.0 Å². The minimum absolute atomic E-state index is 0.260. The minimum atomic E-state index is -0.344. The molecule has 4 heteroatoms. The van der Waals surface area contributed by atoms with Crippen LogP contribution in [0.1, 0.15) is 24.0 Å². The van der Waals surface area contributed by atoms with Gasteiger partial charge in [0, 0.05) is 19.1 Å². The van der Waals surface area contributed by atoms with Crippen LogP contribution in [0.4, 0.5) is 0 Å². The summed E-state index contributed by atoms with van der Waals surface area (Å²) in [6.45, 7) is 2.20. The van der Waals surface area contributed by atoms with Crippen molar-refractivity contribution in [2.24, 2.45) is 0 Å². The molecule has 3 aliphatic heterocycles. The maximum atomic E-state index is 12.7. The standard InChI is InChI=1S/C16H15NO3/c18-15-3-1-2-14-16(15)4-5-17(14)8-10-6-12-13(7-11(10)16)20-9-19-12/h1,3,6-7,14H,2,4-5,8-9H2/t14-,16+/m0/s1. The summed E-state index contributed by atoms with van der Waals surface area (Å²) in [4.78, 5) is 15.1. The van der Waals surface area contributed by atoms with Gasteiger partial charge in [-0.05, 0) is 42.2 Å². The number of rotatable bonds is 0. The van der Waals surface area contributed by atoms with Crippen LogP contribution in [-0.4, -0.2) is 30.1 Å². The third kappa shape index (κ3) is 1.10. The van der Waals surface area contributed by atoms with Crippen molar-refractivity contribution >= 4 is 5.78 Å². The Morgan fingerprint density at radius 1 is 1.25 bits per heavy atom. The van der Waals surface area contributed by atoms with Crippen LogP contribution in [0.15, 0.2) is 24.3 Å². The average molecular weight is 269 g/mol. The predicted octanol–water partition coefficient (Wildman–Crippen LogP) is 1.77. The molecule has 3 atom stereocenters. The molecule has 1 aromatic rings. The molecule has 1 aromatic carbocycles. The first-order chi connectivity index (χ1) is 9.79. The zero-order valence-corrected chi connectivity index (χ0v) is 11.1. The largest absolute Gasteiger partial charge is 0.454 e. The maximum Gasteiger partial charge on any atom is 0.231 e. The van der Waals surface area contributed by atoms with Gasteiger partial charge in [-0.2, -0.15) is 0 Å². The molecule has 0 spiro atoms. The lowest BCUT2D eigenvalue weighted by Gasteiger charge is -2.43. The van der Waals surface area contributed by atoms with Gasteiger partial charge < -0.3 is 9.47 Å². The van der Waals surface area contributed by atoms with Crippen molar-refractivity contribution in [1.82, 2.24) is 4.90 Å². The van der Waals surface area contributed by atoms with E-state index in [0.29, 0.717) is 6.04 Å². The van der Waals surface area contributed by atoms with Crippen molar-refractivity contribution in [3.63, 3.8) is 0 Å². The first kappa shape index (κ1) is 10.9. The number of nitrogens with zero attached hydrogens (tertiary/aromatic N) is 1. The summed E-state index contributed by atoms with van der Waals surface area (Å²) in [7, 11) is 0. The van der Waals surface area contributed by atoms with Gasteiger partial charge in [-0.1, -0.05) is 6.08 Å². The van der Waals surface area contributed by atoms with Crippen molar-refractivity contribution in [3.8, 4) is 11.5 Å². The highest BCUT2D eigenvalue weighted by atomic mass is 16.7. The molecule has 1 unspecified atom stereocenters. The highest BCUT2D eigenvalue weighted by Gasteiger charge is 2.57. The number of ether oxygens (including phenoxy) is 2. The Balaban J connectivity index is 1.79. The van der Waals surface area contributed by atoms with Crippen LogP contribution in [0.5, 0.6) is 11.5 Å². The Bertz CT molecular complexity index is 666. The number of ketones is 1. The topological polar surface area (TPSA) is 38.8 Å². The molecule has 0 saturated carbocycles. The zero-order valence-electron chi connectivity index (χ0n) is 11.1. The van der Waals surface area contributed by atoms with E-state index >= 15 is 0 Å². The van der Waals surface area contributed by atoms with E-state index in [1.807, 2.05) is 6.08 Å². The van der Waals surface area contributed by atoms with E-state index in [1.54, 1.807) is 6.08 Å². The van der Waals surface area contributed by atoms with Crippen LogP contribution in [-0.2, 0) is 16.8 Å². The van der Waals surface area contributed by atoms with Gasteiger partial charge in [0.1, 0.15) is 0 Å². The van der Waals surface area contributed by atoms with Gasteiger partial charge >= 0.3 is 0 Å². The summed E-state index contributed by atoms with van der Waals surface area (Å²) < 4.78 is 11.0. The first-order valence-corrected chi connectivity index (χ1v) is 7.17. The quantitative estimate of drug-likeness (QED) is 0.719. The molecular weight excluding hydrogens is 254 g/mol. The summed E-state index contributed by atoms with van der Waals surface area (Å²) in [5.41, 5.74) is 2.06. The molecule has 1 saturated heterocycles. The summed E-state index contributed by atoms with van der Waals surface area (Å²) in [6.07, 6.45) is 5.70. The smallest absolute Gasteiger partial charge is 0.231 e. The molecule has 5 rings (SSSR count). The fourth-order valence-corrected chi connectivity index (χ4v) is 4.43. The van der Waals surface area contributed by atoms with Gasteiger partial charge in [0.2, 0.25) is 6.79 Å². The predicted molar refractivity (Wildman–Crippen MR) is 71.8 cm³/mol. The molecule has 0 amide bonds. The first-order valence-electron chi connectivity index (χ1n) is 7.17. The molecule has 20 heavy (non-hydrogen) atoms. The van der Waals surface area contributed by atoms with Gasteiger partial charge in [0.05, 0.1) is 5.41 Å². The van der Waals surface area contributed by atoms with E-state index in [9.17, 15) is 4.79 Å². The van der Waals surface area contributed by atoms with Crippen molar-refractivity contribution < 1.29 is 14.3 Å². The number of carbonyl (C=O) groups excluding carboxylic acids is 1. The van der Waals surface area contributed by atoms with Crippen LogP contribution < -0.4 is 9.47 Å². The molecule has 2 bridgehead atoms. The number of benzene rings is 1. The Labute approximate surface area is 117 Å². The van der Waals surface area contributed by atoms with Crippen molar-refractivity contribution in [2.45, 2.75) is 30.8 Å². The molecule has 4 nitrogen and oxygen atoms in total. The number of hydrogen-bond acceptors (Lipinski definition) is 4. The SMILES string of the molecule is O=C1C=CC[C@@H]2N3CC[C@]12c1cc2c(cc1C3)OCO2. The van der Waals surface area contributed by atoms with Crippen LogP contribution >= 0.6 is 0 Å². The van der Waals surface area contributed by atoms with Gasteiger partial charge in [-0.25, -0.2) is 0 Å². The maximum absolute atomic E-state index is 12.7. The summed E-state index contributed by atoms with van der Waals surface area (Å²) in [5.74, 6) is 1.87. The van der Waals surface area contributed by atoms with Crippen LogP contribution in [0.25, 0.3) is 0 Å². The second kappa shape index (κ2) is 3.44. The van der Waals surface area contributed by atoms with E-state index in [4.69, 9.17) is 9.47 Å². The van der Waals surface area contributed by atoms with E-state index in [0.717, 1.165) is 37.4 Å². The van der Waals surface area contributed by atoms with Crippen molar-refractivity contribution in [1.29, 1.82) is 0 Å². The lowest BCUT2D eigenvalue weighted by Crippen LogP contribution is -2.52. The molecule has 0 N–H and O–H groups in total. The fourth-order valence-electron chi connectivity index (χ4n) is 4.43. The van der Waals surface area contributed by atoms with E-state index < -0.39 is 0 Å². The molecule has 1 fully saturated rings. The van der Waals surface area contributed by atoms with Crippen LogP contribution in [0.2, 0.25) is 0 Å². The van der Waals surface area contributed by atoms with Crippen molar-refractivity contribution in [3.05, 3.63) is 35.4 Å². The van der Waals surface area contributed by atoms with Crippen molar-refractivity contribution in [2.75, 3.05) is 13.3 Å². The van der Waals surface area contributed by atoms with Gasteiger partial charge in [-0.15, -0.1) is 0 Å². The van der Waals surface area contributed by atoms with E-state index in [1.165, 1.54) is 11.1 Å². The average Bonchev–Trinajstić information content (AvgIpc) is 3.01. The van der Waals surface area contributed by atoms with Gasteiger partial charge in [0.15, 0.2) is 17.3 Å². The van der Waals surface area contributed by atoms with Crippen LogP contribution in [0.3, 0.4) is 0 Å². The zero-order chi connectivity index (χ0) is 13.3. The van der Waals surface area contributed by atoms with Gasteiger partial charge in [0.25, 0.3) is 0 Å². The Morgan fingerprint density at radius 2 is 2.10 bits per heavy atom.